The van der Waals surface area contributed by atoms with Crippen molar-refractivity contribution >= 4 is 26.7 Å². The summed E-state index contributed by atoms with van der Waals surface area (Å²) in [5, 5.41) is 0. The van der Waals surface area contributed by atoms with Gasteiger partial charge in [-0.1, -0.05) is 34.1 Å². The van der Waals surface area contributed by atoms with Crippen LogP contribution in [0.5, 0.6) is 0 Å². The lowest BCUT2D eigenvalue weighted by Crippen LogP contribution is -2.11. The Kier molecular flexibility index (Phi) is 4.62. The van der Waals surface area contributed by atoms with E-state index in [4.69, 9.17) is 5.73 Å². The van der Waals surface area contributed by atoms with E-state index < -0.39 is 10.8 Å². The van der Waals surface area contributed by atoms with Crippen LogP contribution in [0, 0.1) is 0 Å². The van der Waals surface area contributed by atoms with Gasteiger partial charge < -0.3 is 5.73 Å². The molecule has 0 aliphatic rings. The quantitative estimate of drug-likeness (QED) is 0.896. The second-order valence-electron chi connectivity index (χ2n) is 2.67. The molecule has 0 amide bonds. The first-order valence-corrected chi connectivity index (χ1v) is 6.30. The third-order valence-corrected chi connectivity index (χ3v) is 3.72. The van der Waals surface area contributed by atoms with E-state index in [-0.39, 0.29) is 0 Å². The molecular weight excluding hydrogens is 250 g/mol. The average molecular weight is 262 g/mol. The number of benzene rings is 1. The van der Waals surface area contributed by atoms with E-state index in [0.717, 1.165) is 10.0 Å². The van der Waals surface area contributed by atoms with Crippen molar-refractivity contribution in [3.63, 3.8) is 0 Å². The molecule has 1 aromatic carbocycles. The van der Waals surface area contributed by atoms with Crippen LogP contribution in [-0.2, 0) is 16.6 Å². The molecule has 0 fully saturated rings. The van der Waals surface area contributed by atoms with Crippen molar-refractivity contribution in [3.8, 4) is 0 Å². The van der Waals surface area contributed by atoms with Gasteiger partial charge in [-0.2, -0.15) is 0 Å². The molecule has 0 heterocycles. The van der Waals surface area contributed by atoms with Crippen molar-refractivity contribution in [1.29, 1.82) is 0 Å². The van der Waals surface area contributed by atoms with Crippen LogP contribution in [0.3, 0.4) is 0 Å². The Balaban J connectivity index is 2.63. The summed E-state index contributed by atoms with van der Waals surface area (Å²) in [4.78, 5) is 0. The fourth-order valence-corrected chi connectivity index (χ4v) is 2.61. The third kappa shape index (κ3) is 3.58. The molecule has 0 saturated carbocycles. The molecule has 0 aliphatic carbocycles. The molecule has 0 bridgehead atoms. The first-order valence-electron chi connectivity index (χ1n) is 4.02. The van der Waals surface area contributed by atoms with Gasteiger partial charge in [0.1, 0.15) is 0 Å². The summed E-state index contributed by atoms with van der Waals surface area (Å²) >= 11 is 3.41. The summed E-state index contributed by atoms with van der Waals surface area (Å²) in [6.07, 6.45) is 0. The van der Waals surface area contributed by atoms with Crippen LogP contribution in [0.25, 0.3) is 0 Å². The zero-order valence-electron chi connectivity index (χ0n) is 7.20. The predicted octanol–water partition coefficient (Wildman–Crippen LogP) is 1.66. The van der Waals surface area contributed by atoms with Gasteiger partial charge in [-0.05, 0) is 11.6 Å². The molecule has 0 spiro atoms. The molecule has 1 rings (SSSR count). The molecule has 4 heteroatoms. The fraction of sp³-hybridized carbons (Fsp3) is 0.333. The molecule has 0 radical (unpaired) electrons. The fourth-order valence-electron chi connectivity index (χ4n) is 0.993. The summed E-state index contributed by atoms with van der Waals surface area (Å²) in [6, 6.07) is 7.81. The number of hydrogen-bond acceptors (Lipinski definition) is 2. The van der Waals surface area contributed by atoms with Crippen LogP contribution in [0.15, 0.2) is 28.7 Å². The van der Waals surface area contributed by atoms with Crippen molar-refractivity contribution in [3.05, 3.63) is 34.3 Å². The zero-order chi connectivity index (χ0) is 9.68. The largest absolute Gasteiger partial charge is 0.330 e. The van der Waals surface area contributed by atoms with E-state index in [1.54, 1.807) is 0 Å². The highest BCUT2D eigenvalue weighted by Crippen LogP contribution is 2.17. The van der Waals surface area contributed by atoms with Crippen molar-refractivity contribution in [2.75, 3.05) is 12.3 Å². The van der Waals surface area contributed by atoms with E-state index >= 15 is 0 Å². The molecule has 0 aromatic heterocycles. The van der Waals surface area contributed by atoms with Gasteiger partial charge in [-0.3, -0.25) is 4.21 Å². The summed E-state index contributed by atoms with van der Waals surface area (Å²) in [5.41, 5.74) is 6.39. The third-order valence-electron chi connectivity index (χ3n) is 1.62. The zero-order valence-corrected chi connectivity index (χ0v) is 9.61. The van der Waals surface area contributed by atoms with Crippen molar-refractivity contribution in [2.45, 2.75) is 5.75 Å². The summed E-state index contributed by atoms with van der Waals surface area (Å²) < 4.78 is 12.4. The summed E-state index contributed by atoms with van der Waals surface area (Å²) in [6.45, 7) is 0.483. The highest BCUT2D eigenvalue weighted by atomic mass is 79.9. The maximum Gasteiger partial charge on any atom is 0.0497 e. The smallest absolute Gasteiger partial charge is 0.0497 e. The first kappa shape index (κ1) is 10.9. The summed E-state index contributed by atoms with van der Waals surface area (Å²) in [5.74, 6) is 1.15. The Morgan fingerprint density at radius 3 is 2.69 bits per heavy atom. The molecule has 2 N–H and O–H groups in total. The molecule has 0 saturated heterocycles. The van der Waals surface area contributed by atoms with E-state index in [1.807, 2.05) is 24.3 Å². The van der Waals surface area contributed by atoms with E-state index in [1.165, 1.54) is 0 Å². The van der Waals surface area contributed by atoms with Gasteiger partial charge in [-0.25, -0.2) is 0 Å². The monoisotopic (exact) mass is 261 g/mol. The van der Waals surface area contributed by atoms with Gasteiger partial charge >= 0.3 is 0 Å². The lowest BCUT2D eigenvalue weighted by molar-refractivity contribution is 0.682. The van der Waals surface area contributed by atoms with Crippen LogP contribution >= 0.6 is 15.9 Å². The molecule has 0 aliphatic heterocycles. The topological polar surface area (TPSA) is 43.1 Å². The van der Waals surface area contributed by atoms with Crippen LogP contribution in [0.2, 0.25) is 0 Å². The molecule has 1 aromatic rings. The molecular formula is C9H12BrNOS. The van der Waals surface area contributed by atoms with Gasteiger partial charge in [0.15, 0.2) is 0 Å². The number of halogens is 1. The molecule has 1 atom stereocenters. The minimum absolute atomic E-state index is 0.483. The normalized spacial score (nSPS) is 12.8. The Hall–Kier alpha value is -0.190. The van der Waals surface area contributed by atoms with E-state index in [9.17, 15) is 4.21 Å². The summed E-state index contributed by atoms with van der Waals surface area (Å²) in [7, 11) is -0.836. The van der Waals surface area contributed by atoms with Gasteiger partial charge in [0.25, 0.3) is 0 Å². The Morgan fingerprint density at radius 2 is 2.08 bits per heavy atom. The van der Waals surface area contributed by atoms with Crippen molar-refractivity contribution in [2.24, 2.45) is 5.73 Å². The SMILES string of the molecule is NCCS(=O)Cc1ccccc1Br. The number of rotatable bonds is 4. The van der Waals surface area contributed by atoms with Gasteiger partial charge in [-0.15, -0.1) is 0 Å². The highest BCUT2D eigenvalue weighted by molar-refractivity contribution is 9.10. The van der Waals surface area contributed by atoms with Gasteiger partial charge in [0.05, 0.1) is 0 Å². The highest BCUT2D eigenvalue weighted by Gasteiger charge is 2.03. The number of nitrogens with two attached hydrogens (primary N) is 1. The molecule has 72 valence electrons. The van der Waals surface area contributed by atoms with Crippen molar-refractivity contribution in [1.82, 2.24) is 0 Å². The van der Waals surface area contributed by atoms with Crippen LogP contribution in [-0.4, -0.2) is 16.5 Å². The first-order chi connectivity index (χ1) is 6.24. The Labute approximate surface area is 89.1 Å². The van der Waals surface area contributed by atoms with Gasteiger partial charge in [0, 0.05) is 33.3 Å². The minimum atomic E-state index is -0.836. The Morgan fingerprint density at radius 1 is 1.38 bits per heavy atom. The van der Waals surface area contributed by atoms with Crippen LogP contribution < -0.4 is 5.73 Å². The minimum Gasteiger partial charge on any atom is -0.330 e. The van der Waals surface area contributed by atoms with Crippen molar-refractivity contribution < 1.29 is 4.21 Å². The lowest BCUT2D eigenvalue weighted by Gasteiger charge is -2.02. The second kappa shape index (κ2) is 5.52. The maximum absolute atomic E-state index is 11.4. The second-order valence-corrected chi connectivity index (χ2v) is 5.10. The maximum atomic E-state index is 11.4. The predicted molar refractivity (Wildman–Crippen MR) is 59.9 cm³/mol. The van der Waals surface area contributed by atoms with E-state index in [0.29, 0.717) is 18.1 Å². The molecule has 13 heavy (non-hydrogen) atoms. The molecule has 1 unspecified atom stereocenters. The standard InChI is InChI=1S/C9H12BrNOS/c10-9-4-2-1-3-8(9)7-13(12)6-5-11/h1-4H,5-7,11H2. The Bertz CT molecular complexity index is 303. The van der Waals surface area contributed by atoms with Crippen LogP contribution in [0.4, 0.5) is 0 Å². The van der Waals surface area contributed by atoms with Crippen LogP contribution in [0.1, 0.15) is 5.56 Å². The molecule has 2 nitrogen and oxygen atoms in total. The van der Waals surface area contributed by atoms with E-state index in [2.05, 4.69) is 15.9 Å². The van der Waals surface area contributed by atoms with Gasteiger partial charge in [0.2, 0.25) is 0 Å². The average Bonchev–Trinajstić information content (AvgIpc) is 2.09. The number of hydrogen-bond donors (Lipinski definition) is 1. The lowest BCUT2D eigenvalue weighted by atomic mass is 10.2.